The van der Waals surface area contributed by atoms with Crippen LogP contribution < -0.4 is 5.73 Å². The molecular weight excluding hydrogens is 232 g/mol. The van der Waals surface area contributed by atoms with Crippen LogP contribution in [0.2, 0.25) is 0 Å². The van der Waals surface area contributed by atoms with Gasteiger partial charge in [0.25, 0.3) is 0 Å². The molecule has 0 spiro atoms. The van der Waals surface area contributed by atoms with Gasteiger partial charge in [-0.15, -0.1) is 0 Å². The molecule has 94 valence electrons. The fourth-order valence-corrected chi connectivity index (χ4v) is 2.51. The molecule has 1 aromatic carbocycles. The minimum absolute atomic E-state index is 0.0974. The Balaban J connectivity index is 2.36. The molecule has 1 aliphatic carbocycles. The van der Waals surface area contributed by atoms with Gasteiger partial charge in [0.15, 0.2) is 0 Å². The number of phenols is 1. The summed E-state index contributed by atoms with van der Waals surface area (Å²) in [6, 6.07) is 4.69. The molecular formula is C13H14N2O3. The zero-order valence-corrected chi connectivity index (χ0v) is 9.67. The Bertz CT molecular complexity index is 627. The maximum atomic E-state index is 9.99. The molecule has 0 saturated carbocycles. The fourth-order valence-electron chi connectivity index (χ4n) is 2.51. The lowest BCUT2D eigenvalue weighted by atomic mass is 9.89. The standard InChI is InChI=1S/C13H14N2O3/c14-12-7-2-1-6(16)5-8(7)15-13-10(18)4-3-9(17)11(12)13/h1-2,5,9-10,16-18H,3-4H2,(H2,14,15). The van der Waals surface area contributed by atoms with E-state index in [1.54, 1.807) is 6.07 Å². The second-order valence-electron chi connectivity index (χ2n) is 4.63. The van der Waals surface area contributed by atoms with Crippen molar-refractivity contribution in [2.75, 3.05) is 5.73 Å². The first-order valence-corrected chi connectivity index (χ1v) is 5.86. The summed E-state index contributed by atoms with van der Waals surface area (Å²) in [5.74, 6) is 0.0974. The van der Waals surface area contributed by atoms with E-state index in [-0.39, 0.29) is 5.75 Å². The van der Waals surface area contributed by atoms with Crippen molar-refractivity contribution in [3.8, 4) is 5.75 Å². The van der Waals surface area contributed by atoms with Gasteiger partial charge in [-0.1, -0.05) is 0 Å². The minimum atomic E-state index is -0.711. The van der Waals surface area contributed by atoms with Gasteiger partial charge < -0.3 is 21.1 Å². The van der Waals surface area contributed by atoms with Crippen molar-refractivity contribution in [1.29, 1.82) is 0 Å². The normalized spacial score (nSPS) is 23.0. The number of benzene rings is 1. The van der Waals surface area contributed by atoms with Gasteiger partial charge in [-0.2, -0.15) is 0 Å². The van der Waals surface area contributed by atoms with Crippen LogP contribution in [0.15, 0.2) is 18.2 Å². The molecule has 18 heavy (non-hydrogen) atoms. The summed E-state index contributed by atoms with van der Waals surface area (Å²) >= 11 is 0. The number of aliphatic hydroxyl groups excluding tert-OH is 2. The number of fused-ring (bicyclic) bond motifs is 2. The molecule has 5 nitrogen and oxygen atoms in total. The number of nitrogens with two attached hydrogens (primary N) is 1. The molecule has 2 atom stereocenters. The summed E-state index contributed by atoms with van der Waals surface area (Å²) in [5.41, 5.74) is 7.95. The Hall–Kier alpha value is -1.85. The number of aromatic nitrogens is 1. The second kappa shape index (κ2) is 3.83. The molecule has 0 saturated heterocycles. The molecule has 1 aliphatic rings. The number of hydrogen-bond acceptors (Lipinski definition) is 5. The topological polar surface area (TPSA) is 99.6 Å². The van der Waals surface area contributed by atoms with Crippen molar-refractivity contribution in [1.82, 2.24) is 4.98 Å². The van der Waals surface area contributed by atoms with Crippen LogP contribution in [-0.4, -0.2) is 20.3 Å². The summed E-state index contributed by atoms with van der Waals surface area (Å²) in [4.78, 5) is 4.32. The lowest BCUT2D eigenvalue weighted by Crippen LogP contribution is -2.18. The number of anilines is 1. The van der Waals surface area contributed by atoms with Crippen molar-refractivity contribution >= 4 is 16.6 Å². The van der Waals surface area contributed by atoms with Gasteiger partial charge in [-0.05, 0) is 25.0 Å². The smallest absolute Gasteiger partial charge is 0.117 e. The Morgan fingerprint density at radius 2 is 1.89 bits per heavy atom. The Morgan fingerprint density at radius 3 is 2.67 bits per heavy atom. The summed E-state index contributed by atoms with van der Waals surface area (Å²) < 4.78 is 0. The average molecular weight is 246 g/mol. The third kappa shape index (κ3) is 1.52. The number of aromatic hydroxyl groups is 1. The highest BCUT2D eigenvalue weighted by atomic mass is 16.3. The van der Waals surface area contributed by atoms with E-state index >= 15 is 0 Å². The van der Waals surface area contributed by atoms with Crippen LogP contribution in [0.25, 0.3) is 10.9 Å². The molecule has 5 heteroatoms. The van der Waals surface area contributed by atoms with E-state index in [2.05, 4.69) is 4.98 Å². The molecule has 5 N–H and O–H groups in total. The van der Waals surface area contributed by atoms with Gasteiger partial charge >= 0.3 is 0 Å². The summed E-state index contributed by atoms with van der Waals surface area (Å²) in [6.45, 7) is 0. The van der Waals surface area contributed by atoms with E-state index in [1.807, 2.05) is 0 Å². The molecule has 2 unspecified atom stereocenters. The molecule has 0 amide bonds. The van der Waals surface area contributed by atoms with Gasteiger partial charge in [-0.3, -0.25) is 0 Å². The van der Waals surface area contributed by atoms with Gasteiger partial charge in [0, 0.05) is 22.7 Å². The molecule has 0 aliphatic heterocycles. The highest BCUT2D eigenvalue weighted by Gasteiger charge is 2.29. The second-order valence-corrected chi connectivity index (χ2v) is 4.63. The first kappa shape index (κ1) is 11.3. The summed E-state index contributed by atoms with van der Waals surface area (Å²) in [7, 11) is 0. The van der Waals surface area contributed by atoms with Gasteiger partial charge in [-0.25, -0.2) is 4.98 Å². The maximum absolute atomic E-state index is 9.99. The quantitative estimate of drug-likeness (QED) is 0.563. The van der Waals surface area contributed by atoms with Crippen molar-refractivity contribution in [2.45, 2.75) is 25.0 Å². The van der Waals surface area contributed by atoms with E-state index in [4.69, 9.17) is 5.73 Å². The average Bonchev–Trinajstić information content (AvgIpc) is 2.33. The molecule has 0 radical (unpaired) electrons. The largest absolute Gasteiger partial charge is 0.508 e. The Kier molecular flexibility index (Phi) is 2.39. The van der Waals surface area contributed by atoms with Crippen molar-refractivity contribution in [3.63, 3.8) is 0 Å². The Morgan fingerprint density at radius 1 is 1.17 bits per heavy atom. The van der Waals surface area contributed by atoms with Gasteiger partial charge in [0.2, 0.25) is 0 Å². The molecule has 0 fully saturated rings. The lowest BCUT2D eigenvalue weighted by molar-refractivity contribution is 0.0884. The van der Waals surface area contributed by atoms with Crippen LogP contribution in [0.4, 0.5) is 5.69 Å². The summed E-state index contributed by atoms with van der Waals surface area (Å²) in [6.07, 6.45) is -0.458. The van der Waals surface area contributed by atoms with E-state index < -0.39 is 12.2 Å². The number of aliphatic hydroxyl groups is 2. The zero-order chi connectivity index (χ0) is 12.9. The van der Waals surface area contributed by atoms with E-state index in [0.717, 1.165) is 0 Å². The predicted octanol–water partition coefficient (Wildman–Crippen LogP) is 1.38. The third-order valence-corrected chi connectivity index (χ3v) is 3.44. The van der Waals surface area contributed by atoms with Crippen molar-refractivity contribution in [3.05, 3.63) is 29.5 Å². The van der Waals surface area contributed by atoms with Crippen molar-refractivity contribution < 1.29 is 15.3 Å². The monoisotopic (exact) mass is 246 g/mol. The number of nitrogen functional groups attached to an aromatic ring is 1. The number of rotatable bonds is 0. The van der Waals surface area contributed by atoms with Gasteiger partial charge in [0.05, 0.1) is 23.4 Å². The van der Waals surface area contributed by atoms with E-state index in [9.17, 15) is 15.3 Å². The summed E-state index contributed by atoms with van der Waals surface area (Å²) in [5, 5.41) is 30.1. The zero-order valence-electron chi connectivity index (χ0n) is 9.67. The number of hydrogen-bond donors (Lipinski definition) is 4. The molecule has 1 heterocycles. The first-order chi connectivity index (χ1) is 8.58. The minimum Gasteiger partial charge on any atom is -0.508 e. The Labute approximate surface area is 104 Å². The van der Waals surface area contributed by atoms with Gasteiger partial charge in [0.1, 0.15) is 5.75 Å². The number of phenolic OH excluding ortho intramolecular Hbond substituents is 1. The van der Waals surface area contributed by atoms with Crippen LogP contribution in [0, 0.1) is 0 Å². The van der Waals surface area contributed by atoms with Crippen LogP contribution in [0.3, 0.4) is 0 Å². The molecule has 1 aromatic heterocycles. The lowest BCUT2D eigenvalue weighted by Gasteiger charge is -2.26. The van der Waals surface area contributed by atoms with Crippen LogP contribution in [0.5, 0.6) is 5.75 Å². The molecule has 2 aromatic rings. The van der Waals surface area contributed by atoms with Crippen LogP contribution in [-0.2, 0) is 0 Å². The number of nitrogens with zero attached hydrogens (tertiary/aromatic N) is 1. The highest BCUT2D eigenvalue weighted by Crippen LogP contribution is 2.41. The molecule has 3 rings (SSSR count). The first-order valence-electron chi connectivity index (χ1n) is 5.86. The SMILES string of the molecule is Nc1c2c(nc3cc(O)ccc13)C(O)CCC2O. The van der Waals surface area contributed by atoms with E-state index in [1.165, 1.54) is 12.1 Å². The maximum Gasteiger partial charge on any atom is 0.117 e. The predicted molar refractivity (Wildman–Crippen MR) is 67.0 cm³/mol. The number of pyridine rings is 1. The third-order valence-electron chi connectivity index (χ3n) is 3.44. The van der Waals surface area contributed by atoms with Crippen LogP contribution in [0.1, 0.15) is 36.3 Å². The highest BCUT2D eigenvalue weighted by molar-refractivity contribution is 5.93. The van der Waals surface area contributed by atoms with Crippen LogP contribution >= 0.6 is 0 Å². The fraction of sp³-hybridized carbons (Fsp3) is 0.308. The molecule has 0 bridgehead atoms. The van der Waals surface area contributed by atoms with Crippen molar-refractivity contribution in [2.24, 2.45) is 0 Å². The van der Waals surface area contributed by atoms with E-state index in [0.29, 0.717) is 40.7 Å².